The molecule has 2 aliphatic rings. The van der Waals surface area contributed by atoms with E-state index < -0.39 is 0 Å². The Balaban J connectivity index is 1.20. The first-order valence-corrected chi connectivity index (χ1v) is 14.4. The Hall–Kier alpha value is -2.56. The maximum absolute atomic E-state index is 12.8. The molecule has 5 heterocycles. The molecule has 2 fully saturated rings. The number of aromatic nitrogens is 4. The number of likely N-dealkylation sites (tertiary alicyclic amines) is 1. The van der Waals surface area contributed by atoms with Gasteiger partial charge in [0.2, 0.25) is 5.89 Å². The molecule has 1 amide bonds. The highest BCUT2D eigenvalue weighted by Gasteiger charge is 2.35. The monoisotopic (exact) mass is 543 g/mol. The molecule has 11 heteroatoms. The number of carbonyl (C=O) groups excluding carboxylic acids is 1. The van der Waals surface area contributed by atoms with Gasteiger partial charge in [0, 0.05) is 51.2 Å². The quantitative estimate of drug-likeness (QED) is 0.423. The van der Waals surface area contributed by atoms with Crippen LogP contribution < -0.4 is 4.90 Å². The second kappa shape index (κ2) is 11.4. The highest BCUT2D eigenvalue weighted by molar-refractivity contribution is 7.17. The minimum atomic E-state index is 0.104. The number of nitrogens with zero attached hydrogens (tertiary/aromatic N) is 7. The van der Waals surface area contributed by atoms with Crippen LogP contribution in [0.15, 0.2) is 22.7 Å². The van der Waals surface area contributed by atoms with Gasteiger partial charge in [0.15, 0.2) is 0 Å². The maximum atomic E-state index is 12.8. The molecular weight excluding hydrogens is 510 g/mol. The number of rotatable bonds is 7. The standard InChI is InChI=1S/C26H34ClN7O2S/c1-4-6-23-30-31-25(36-23)20-15-28-24(17(3)29-20)33-13-14-34(18(5-2)16-33)19-9-11-32(12-10-19)26(35)21-7-8-22(27)37-21/h7-8,15,18-19H,4-6,9-14,16H2,1-3H3/t18-/m0/s1. The van der Waals surface area contributed by atoms with Crippen LogP contribution in [0.4, 0.5) is 5.82 Å². The molecule has 0 unspecified atom stereocenters. The van der Waals surface area contributed by atoms with E-state index >= 15 is 0 Å². The molecule has 3 aromatic rings. The highest BCUT2D eigenvalue weighted by atomic mass is 35.5. The summed E-state index contributed by atoms with van der Waals surface area (Å²) >= 11 is 7.39. The van der Waals surface area contributed by atoms with Crippen molar-refractivity contribution < 1.29 is 9.21 Å². The third-order valence-corrected chi connectivity index (χ3v) is 8.59. The first kappa shape index (κ1) is 26.1. The van der Waals surface area contributed by atoms with Gasteiger partial charge >= 0.3 is 0 Å². The lowest BCUT2D eigenvalue weighted by Crippen LogP contribution is -2.58. The lowest BCUT2D eigenvalue weighted by atomic mass is 9.98. The second-order valence-corrected chi connectivity index (χ2v) is 11.5. The maximum Gasteiger partial charge on any atom is 0.267 e. The van der Waals surface area contributed by atoms with E-state index in [0.29, 0.717) is 33.9 Å². The van der Waals surface area contributed by atoms with Crippen LogP contribution in [0.5, 0.6) is 0 Å². The van der Waals surface area contributed by atoms with E-state index in [0.717, 1.165) is 81.2 Å². The van der Waals surface area contributed by atoms with Gasteiger partial charge in [-0.1, -0.05) is 25.4 Å². The average Bonchev–Trinajstić information content (AvgIpc) is 3.57. The smallest absolute Gasteiger partial charge is 0.267 e. The van der Waals surface area contributed by atoms with Crippen LogP contribution in [0.25, 0.3) is 11.6 Å². The number of hydrogen-bond acceptors (Lipinski definition) is 9. The summed E-state index contributed by atoms with van der Waals surface area (Å²) in [5, 5.41) is 8.24. The van der Waals surface area contributed by atoms with E-state index in [1.54, 1.807) is 12.3 Å². The third kappa shape index (κ3) is 5.66. The van der Waals surface area contributed by atoms with E-state index in [2.05, 4.69) is 33.8 Å². The molecule has 0 bridgehead atoms. The topological polar surface area (TPSA) is 91.5 Å². The number of carbonyl (C=O) groups is 1. The van der Waals surface area contributed by atoms with E-state index in [1.165, 1.54) is 11.3 Å². The summed E-state index contributed by atoms with van der Waals surface area (Å²) < 4.78 is 6.40. The second-order valence-electron chi connectivity index (χ2n) is 9.79. The predicted molar refractivity (Wildman–Crippen MR) is 145 cm³/mol. The van der Waals surface area contributed by atoms with Gasteiger partial charge in [0.25, 0.3) is 11.8 Å². The summed E-state index contributed by atoms with van der Waals surface area (Å²) in [6.07, 6.45) is 6.53. The fourth-order valence-corrected chi connectivity index (χ4v) is 6.46. The van der Waals surface area contributed by atoms with Crippen molar-refractivity contribution in [2.75, 3.05) is 37.6 Å². The number of hydrogen-bond donors (Lipinski definition) is 0. The molecule has 0 spiro atoms. The Kier molecular flexibility index (Phi) is 8.07. The van der Waals surface area contributed by atoms with Crippen LogP contribution in [0, 0.1) is 6.92 Å². The lowest BCUT2D eigenvalue weighted by molar-refractivity contribution is 0.0494. The van der Waals surface area contributed by atoms with Gasteiger partial charge in [-0.2, -0.15) is 0 Å². The first-order chi connectivity index (χ1) is 18.0. The molecule has 5 rings (SSSR count). The summed E-state index contributed by atoms with van der Waals surface area (Å²) in [5.41, 5.74) is 1.49. The highest BCUT2D eigenvalue weighted by Crippen LogP contribution is 2.29. The summed E-state index contributed by atoms with van der Waals surface area (Å²) in [6, 6.07) is 4.56. The van der Waals surface area contributed by atoms with Gasteiger partial charge < -0.3 is 14.2 Å². The van der Waals surface area contributed by atoms with Crippen molar-refractivity contribution in [1.82, 2.24) is 30.0 Å². The average molecular weight is 544 g/mol. The third-order valence-electron chi connectivity index (χ3n) is 7.37. The zero-order valence-corrected chi connectivity index (χ0v) is 23.3. The first-order valence-electron chi connectivity index (χ1n) is 13.2. The SMILES string of the molecule is CCCc1nnc(-c2cnc(N3CCN(C4CCN(C(=O)c5ccc(Cl)s5)CC4)[C@@H](CC)C3)c(C)n2)o1. The zero-order chi connectivity index (χ0) is 25.9. The van der Waals surface area contributed by atoms with Crippen molar-refractivity contribution >= 4 is 34.7 Å². The van der Waals surface area contributed by atoms with Gasteiger partial charge in [-0.3, -0.25) is 9.69 Å². The Morgan fingerprint density at radius 3 is 2.65 bits per heavy atom. The fourth-order valence-electron chi connectivity index (χ4n) is 5.45. The van der Waals surface area contributed by atoms with E-state index in [9.17, 15) is 4.79 Å². The molecule has 0 N–H and O–H groups in total. The molecule has 0 aromatic carbocycles. The summed E-state index contributed by atoms with van der Waals surface area (Å²) in [7, 11) is 0. The molecular formula is C26H34ClN7O2S. The minimum absolute atomic E-state index is 0.104. The Bertz CT molecular complexity index is 1220. The van der Waals surface area contributed by atoms with Gasteiger partial charge in [-0.25, -0.2) is 9.97 Å². The van der Waals surface area contributed by atoms with Gasteiger partial charge in [0.1, 0.15) is 11.5 Å². The van der Waals surface area contributed by atoms with Crippen molar-refractivity contribution in [3.63, 3.8) is 0 Å². The van der Waals surface area contributed by atoms with Crippen molar-refractivity contribution in [2.24, 2.45) is 0 Å². The van der Waals surface area contributed by atoms with Crippen LogP contribution in [0.1, 0.15) is 60.8 Å². The summed E-state index contributed by atoms with van der Waals surface area (Å²) in [6.45, 7) is 10.7. The molecule has 9 nitrogen and oxygen atoms in total. The molecule has 0 radical (unpaired) electrons. The van der Waals surface area contributed by atoms with Crippen molar-refractivity contribution in [1.29, 1.82) is 0 Å². The molecule has 1 atom stereocenters. The van der Waals surface area contributed by atoms with E-state index in [-0.39, 0.29) is 5.91 Å². The molecule has 0 saturated carbocycles. The van der Waals surface area contributed by atoms with Crippen LogP contribution in [0.3, 0.4) is 0 Å². The number of halogens is 1. The van der Waals surface area contributed by atoms with E-state index in [1.807, 2.05) is 17.9 Å². The molecule has 2 saturated heterocycles. The van der Waals surface area contributed by atoms with Crippen LogP contribution in [-0.2, 0) is 6.42 Å². The molecule has 0 aliphatic carbocycles. The fraction of sp³-hybridized carbons (Fsp3) is 0.577. The zero-order valence-electron chi connectivity index (χ0n) is 21.7. The Labute approximate surface area is 226 Å². The normalized spacial score (nSPS) is 19.5. The largest absolute Gasteiger partial charge is 0.419 e. The number of aryl methyl sites for hydroxylation is 2. The molecule has 198 valence electrons. The number of thiophene rings is 1. The Morgan fingerprint density at radius 2 is 1.97 bits per heavy atom. The summed E-state index contributed by atoms with van der Waals surface area (Å²) in [5.74, 6) is 2.08. The molecule has 37 heavy (non-hydrogen) atoms. The van der Waals surface area contributed by atoms with Crippen molar-refractivity contribution in [2.45, 2.75) is 65.0 Å². The van der Waals surface area contributed by atoms with Gasteiger partial charge in [-0.15, -0.1) is 21.5 Å². The van der Waals surface area contributed by atoms with Crippen LogP contribution in [-0.4, -0.2) is 80.7 Å². The minimum Gasteiger partial charge on any atom is -0.419 e. The Morgan fingerprint density at radius 1 is 1.16 bits per heavy atom. The molecule has 3 aromatic heterocycles. The summed E-state index contributed by atoms with van der Waals surface area (Å²) in [4.78, 5) is 30.0. The van der Waals surface area contributed by atoms with Crippen LogP contribution in [0.2, 0.25) is 4.34 Å². The lowest BCUT2D eigenvalue weighted by Gasteiger charge is -2.47. The number of piperidine rings is 1. The van der Waals surface area contributed by atoms with Gasteiger partial charge in [-0.05, 0) is 44.7 Å². The van der Waals surface area contributed by atoms with Crippen molar-refractivity contribution in [3.05, 3.63) is 39.1 Å². The van der Waals surface area contributed by atoms with Gasteiger partial charge in [0.05, 0.1) is 21.1 Å². The predicted octanol–water partition coefficient (Wildman–Crippen LogP) is 4.71. The van der Waals surface area contributed by atoms with Crippen LogP contribution >= 0.6 is 22.9 Å². The number of piperazine rings is 1. The number of amides is 1. The molecule has 2 aliphatic heterocycles. The number of anilines is 1. The van der Waals surface area contributed by atoms with E-state index in [4.69, 9.17) is 26.0 Å². The van der Waals surface area contributed by atoms with Crippen molar-refractivity contribution in [3.8, 4) is 11.6 Å².